The number of nitrogens with one attached hydrogen (secondary N) is 2. The Hall–Kier alpha value is -4.23. The number of nitrogens with zero attached hydrogens (tertiary/aromatic N) is 6. The summed E-state index contributed by atoms with van der Waals surface area (Å²) in [7, 11) is 3.63. The Morgan fingerprint density at radius 1 is 1.28 bits per heavy atom. The van der Waals surface area contributed by atoms with Gasteiger partial charge in [-0.25, -0.2) is 9.78 Å². The summed E-state index contributed by atoms with van der Waals surface area (Å²) in [6.07, 6.45) is 4.74. The van der Waals surface area contributed by atoms with Gasteiger partial charge in [-0.05, 0) is 60.5 Å². The van der Waals surface area contributed by atoms with Crippen LogP contribution in [0.5, 0.6) is 5.75 Å². The molecule has 0 radical (unpaired) electrons. The normalized spacial score (nSPS) is 14.3. The molecule has 1 aliphatic rings. The summed E-state index contributed by atoms with van der Waals surface area (Å²) in [5.74, 6) is 1.24. The van der Waals surface area contributed by atoms with Crippen LogP contribution in [0.4, 0.5) is 17.3 Å². The average Bonchev–Trinajstić information content (AvgIpc) is 3.44. The molecule has 5 rings (SSSR count). The number of rotatable bonds is 10. The minimum atomic E-state index is -0.463. The Bertz CT molecular complexity index is 1540. The van der Waals surface area contributed by atoms with Gasteiger partial charge in [0, 0.05) is 51.1 Å². The van der Waals surface area contributed by atoms with E-state index in [4.69, 9.17) is 9.47 Å². The first-order chi connectivity index (χ1) is 18.8. The van der Waals surface area contributed by atoms with Crippen molar-refractivity contribution in [1.82, 2.24) is 29.0 Å². The molecule has 4 heterocycles. The lowest BCUT2D eigenvalue weighted by Crippen LogP contribution is -2.27. The van der Waals surface area contributed by atoms with Crippen molar-refractivity contribution in [3.05, 3.63) is 68.6 Å². The van der Waals surface area contributed by atoms with Gasteiger partial charge in [0.1, 0.15) is 23.9 Å². The minimum Gasteiger partial charge on any atom is -0.492 e. The maximum atomic E-state index is 12.6. The predicted octanol–water partition coefficient (Wildman–Crippen LogP) is 3.28. The van der Waals surface area contributed by atoms with Crippen LogP contribution in [0.1, 0.15) is 30.1 Å². The Kier molecular flexibility index (Phi) is 7.61. The molecular weight excluding hydrogens is 504 g/mol. The zero-order chi connectivity index (χ0) is 27.5. The van der Waals surface area contributed by atoms with Crippen LogP contribution >= 0.6 is 0 Å². The molecule has 1 aliphatic heterocycles. The molecule has 0 aliphatic carbocycles. The summed E-state index contributed by atoms with van der Waals surface area (Å²) in [5.41, 5.74) is 3.81. The third-order valence-corrected chi connectivity index (χ3v) is 6.99. The Morgan fingerprint density at radius 2 is 2.08 bits per heavy atom. The quantitative estimate of drug-likeness (QED) is 0.230. The van der Waals surface area contributed by atoms with Crippen molar-refractivity contribution < 1.29 is 14.4 Å². The number of aromatic amines is 1. The molecule has 4 aromatic rings. The van der Waals surface area contributed by atoms with Crippen LogP contribution in [-0.4, -0.2) is 67.3 Å². The van der Waals surface area contributed by atoms with Crippen LogP contribution in [0, 0.1) is 17.0 Å². The zero-order valence-electron chi connectivity index (χ0n) is 22.2. The molecular formula is C26H32N8O5. The summed E-state index contributed by atoms with van der Waals surface area (Å²) in [6, 6.07) is 7.76. The lowest BCUT2D eigenvalue weighted by molar-refractivity contribution is -0.390. The van der Waals surface area contributed by atoms with E-state index in [0.29, 0.717) is 49.9 Å². The lowest BCUT2D eigenvalue weighted by atomic mass is 10.1. The van der Waals surface area contributed by atoms with Crippen molar-refractivity contribution >= 4 is 28.4 Å². The fourth-order valence-electron chi connectivity index (χ4n) is 4.84. The molecule has 13 heteroatoms. The van der Waals surface area contributed by atoms with Crippen molar-refractivity contribution in [3.63, 3.8) is 0 Å². The van der Waals surface area contributed by atoms with Crippen LogP contribution in [-0.2, 0) is 18.3 Å². The topological polar surface area (TPSA) is 145 Å². The first kappa shape index (κ1) is 26.4. The van der Waals surface area contributed by atoms with Crippen molar-refractivity contribution in [3.8, 4) is 5.75 Å². The maximum absolute atomic E-state index is 12.6. The number of benzene rings is 1. The molecule has 206 valence electrons. The molecule has 3 aromatic heterocycles. The molecule has 1 saturated heterocycles. The number of nitro groups is 1. The fourth-order valence-corrected chi connectivity index (χ4v) is 4.84. The second-order valence-corrected chi connectivity index (χ2v) is 9.80. The Balaban J connectivity index is 1.21. The first-order valence-electron chi connectivity index (χ1n) is 12.8. The van der Waals surface area contributed by atoms with Gasteiger partial charge in [0.25, 0.3) is 0 Å². The van der Waals surface area contributed by atoms with Gasteiger partial charge in [-0.3, -0.25) is 9.47 Å². The van der Waals surface area contributed by atoms with Crippen LogP contribution < -0.4 is 15.7 Å². The molecule has 13 nitrogen and oxygen atoms in total. The van der Waals surface area contributed by atoms with E-state index in [1.54, 1.807) is 17.8 Å². The average molecular weight is 537 g/mol. The molecule has 0 unspecified atom stereocenters. The molecule has 1 aromatic carbocycles. The molecule has 0 spiro atoms. The number of aromatic nitrogens is 5. The molecule has 0 saturated carbocycles. The van der Waals surface area contributed by atoms with Gasteiger partial charge in [-0.1, -0.05) is 0 Å². The number of ether oxygens (including phenoxy) is 2. The van der Waals surface area contributed by atoms with E-state index in [1.807, 2.05) is 47.7 Å². The van der Waals surface area contributed by atoms with Gasteiger partial charge in [-0.15, -0.1) is 0 Å². The lowest BCUT2D eigenvalue weighted by Gasteiger charge is -2.23. The van der Waals surface area contributed by atoms with Crippen molar-refractivity contribution in [2.75, 3.05) is 38.7 Å². The molecule has 39 heavy (non-hydrogen) atoms. The standard InChI is InChI=1S/C26H32N8O5/c1-17-12-19(39-11-8-31(2)15-23-25(34(36)37)28-16-32(23)3)4-5-20(17)29-24-13-22-21(14-27-24)30-26(35)33(22)18-6-9-38-10-7-18/h4-5,12-14,16,18H,6-11,15H2,1-3H3,(H,27,29)(H,30,35). The molecule has 0 atom stereocenters. The van der Waals surface area contributed by atoms with Crippen LogP contribution in [0.2, 0.25) is 0 Å². The van der Waals surface area contributed by atoms with Crippen molar-refractivity contribution in [2.24, 2.45) is 7.05 Å². The summed E-state index contributed by atoms with van der Waals surface area (Å²) in [6.45, 7) is 4.67. The van der Waals surface area contributed by atoms with Gasteiger partial charge in [-0.2, -0.15) is 0 Å². The SMILES string of the molecule is Cc1cc(OCCN(C)Cc2c([N+](=O)[O-])ncn2C)ccc1Nc1cc2c(cn1)[nH]c(=O)n2C1CCOCC1. The second kappa shape index (κ2) is 11.3. The number of fused-ring (bicyclic) bond motifs is 1. The van der Waals surface area contributed by atoms with E-state index in [2.05, 4.69) is 20.3 Å². The van der Waals surface area contributed by atoms with Crippen LogP contribution in [0.25, 0.3) is 11.0 Å². The zero-order valence-corrected chi connectivity index (χ0v) is 22.2. The summed E-state index contributed by atoms with van der Waals surface area (Å²) >= 11 is 0. The molecule has 1 fully saturated rings. The molecule has 2 N–H and O–H groups in total. The summed E-state index contributed by atoms with van der Waals surface area (Å²) in [4.78, 5) is 36.6. The number of hydrogen-bond acceptors (Lipinski definition) is 9. The largest absolute Gasteiger partial charge is 0.492 e. The van der Waals surface area contributed by atoms with Gasteiger partial charge >= 0.3 is 11.5 Å². The third kappa shape index (κ3) is 5.78. The predicted molar refractivity (Wildman–Crippen MR) is 146 cm³/mol. The van der Waals surface area contributed by atoms with Gasteiger partial charge in [0.2, 0.25) is 6.33 Å². The summed E-state index contributed by atoms with van der Waals surface area (Å²) in [5, 5.41) is 14.5. The number of likely N-dealkylation sites (N-methyl/N-ethyl adjacent to an activating group) is 1. The highest BCUT2D eigenvalue weighted by atomic mass is 16.6. The number of hydrogen-bond donors (Lipinski definition) is 2. The van der Waals surface area contributed by atoms with Gasteiger partial charge in [0.15, 0.2) is 0 Å². The van der Waals surface area contributed by atoms with Gasteiger partial charge in [0.05, 0.1) is 17.2 Å². The van der Waals surface area contributed by atoms with Crippen LogP contribution in [0.3, 0.4) is 0 Å². The fraction of sp³-hybridized carbons (Fsp3) is 0.423. The van der Waals surface area contributed by atoms with Crippen molar-refractivity contribution in [2.45, 2.75) is 32.4 Å². The highest BCUT2D eigenvalue weighted by molar-refractivity contribution is 5.78. The smallest absolute Gasteiger partial charge is 0.386 e. The highest BCUT2D eigenvalue weighted by Gasteiger charge is 2.22. The molecule has 0 amide bonds. The maximum Gasteiger partial charge on any atom is 0.386 e. The summed E-state index contributed by atoms with van der Waals surface area (Å²) < 4.78 is 14.9. The van der Waals surface area contributed by atoms with E-state index in [-0.39, 0.29) is 17.5 Å². The third-order valence-electron chi connectivity index (χ3n) is 6.99. The highest BCUT2D eigenvalue weighted by Crippen LogP contribution is 2.28. The number of imidazole rings is 2. The molecule has 0 bridgehead atoms. The van der Waals surface area contributed by atoms with E-state index >= 15 is 0 Å². The van der Waals surface area contributed by atoms with Gasteiger partial charge < -0.3 is 34.5 Å². The van der Waals surface area contributed by atoms with E-state index < -0.39 is 4.92 Å². The number of H-pyrrole nitrogens is 1. The van der Waals surface area contributed by atoms with Crippen molar-refractivity contribution in [1.29, 1.82) is 0 Å². The van der Waals surface area contributed by atoms with E-state index in [9.17, 15) is 14.9 Å². The number of aryl methyl sites for hydroxylation is 2. The Labute approximate surface area is 224 Å². The number of anilines is 2. The first-order valence-corrected chi connectivity index (χ1v) is 12.8. The Morgan fingerprint density at radius 3 is 2.82 bits per heavy atom. The number of pyridine rings is 1. The minimum absolute atomic E-state index is 0.103. The van der Waals surface area contributed by atoms with E-state index in [0.717, 1.165) is 35.4 Å². The van der Waals surface area contributed by atoms with Crippen LogP contribution in [0.15, 0.2) is 41.6 Å². The van der Waals surface area contributed by atoms with E-state index in [1.165, 1.54) is 6.33 Å². The monoisotopic (exact) mass is 536 g/mol. The second-order valence-electron chi connectivity index (χ2n) is 9.80.